The summed E-state index contributed by atoms with van der Waals surface area (Å²) in [6.45, 7) is 8.03. The average molecular weight is 236 g/mol. The molecule has 17 heavy (non-hydrogen) atoms. The first-order chi connectivity index (χ1) is 8.11. The average Bonchev–Trinajstić information content (AvgIpc) is 2.31. The van der Waals surface area contributed by atoms with E-state index in [4.69, 9.17) is 10.5 Å². The topological polar surface area (TPSA) is 38.5 Å². The van der Waals surface area contributed by atoms with E-state index in [0.29, 0.717) is 6.04 Å². The third-order valence-corrected chi connectivity index (χ3v) is 3.02. The molecule has 2 atom stereocenters. The molecule has 0 amide bonds. The number of likely N-dealkylation sites (N-methyl/N-ethyl adjacent to an activating group) is 1. The lowest BCUT2D eigenvalue weighted by atomic mass is 10.0. The van der Waals surface area contributed by atoms with Crippen molar-refractivity contribution in [2.75, 3.05) is 25.2 Å². The zero-order chi connectivity index (χ0) is 12.8. The van der Waals surface area contributed by atoms with Gasteiger partial charge in [-0.25, -0.2) is 0 Å². The summed E-state index contributed by atoms with van der Waals surface area (Å²) in [5.41, 5.74) is 8.43. The van der Waals surface area contributed by atoms with Crippen molar-refractivity contribution in [2.45, 2.75) is 32.9 Å². The van der Waals surface area contributed by atoms with Crippen molar-refractivity contribution in [2.24, 2.45) is 5.73 Å². The van der Waals surface area contributed by atoms with Gasteiger partial charge in [0.15, 0.2) is 0 Å². The molecule has 1 aromatic rings. The van der Waals surface area contributed by atoms with Gasteiger partial charge in [0.05, 0.1) is 6.61 Å². The lowest BCUT2D eigenvalue weighted by Gasteiger charge is -2.32. The van der Waals surface area contributed by atoms with Gasteiger partial charge in [0, 0.05) is 31.4 Å². The molecular formula is C14H24N2O. The van der Waals surface area contributed by atoms with Gasteiger partial charge in [-0.15, -0.1) is 0 Å². The number of nitrogens with zero attached hydrogens (tertiary/aromatic N) is 1. The highest BCUT2D eigenvalue weighted by atomic mass is 16.5. The van der Waals surface area contributed by atoms with Crippen LogP contribution in [0, 0.1) is 0 Å². The van der Waals surface area contributed by atoms with Gasteiger partial charge in [-0.1, -0.05) is 18.2 Å². The minimum Gasteiger partial charge on any atom is -0.383 e. The number of anilines is 1. The number of para-hydroxylation sites is 1. The van der Waals surface area contributed by atoms with Crippen molar-refractivity contribution in [1.82, 2.24) is 0 Å². The van der Waals surface area contributed by atoms with Crippen LogP contribution in [-0.4, -0.2) is 26.3 Å². The molecule has 0 fully saturated rings. The zero-order valence-electron chi connectivity index (χ0n) is 11.3. The van der Waals surface area contributed by atoms with Gasteiger partial charge < -0.3 is 15.4 Å². The quantitative estimate of drug-likeness (QED) is 0.825. The molecule has 1 rings (SSSR count). The Morgan fingerprint density at radius 1 is 1.29 bits per heavy atom. The van der Waals surface area contributed by atoms with Crippen molar-refractivity contribution in [1.29, 1.82) is 0 Å². The van der Waals surface area contributed by atoms with Crippen LogP contribution in [0.25, 0.3) is 0 Å². The van der Waals surface area contributed by atoms with Gasteiger partial charge in [-0.3, -0.25) is 0 Å². The molecule has 1 aromatic carbocycles. The van der Waals surface area contributed by atoms with Crippen LogP contribution in [0.4, 0.5) is 5.69 Å². The summed E-state index contributed by atoms with van der Waals surface area (Å²) in [6, 6.07) is 8.73. The number of rotatable bonds is 6. The zero-order valence-corrected chi connectivity index (χ0v) is 11.3. The number of nitrogens with two attached hydrogens (primary N) is 1. The predicted molar refractivity (Wildman–Crippen MR) is 73.4 cm³/mol. The molecule has 0 aliphatic carbocycles. The number of hydrogen-bond acceptors (Lipinski definition) is 3. The van der Waals surface area contributed by atoms with E-state index in [1.807, 2.05) is 13.0 Å². The maximum absolute atomic E-state index is 6.02. The van der Waals surface area contributed by atoms with Crippen molar-refractivity contribution in [3.63, 3.8) is 0 Å². The highest BCUT2D eigenvalue weighted by molar-refractivity contribution is 5.55. The molecule has 0 aliphatic rings. The molecule has 0 aromatic heterocycles. The van der Waals surface area contributed by atoms with Crippen LogP contribution in [0.1, 0.15) is 32.4 Å². The molecule has 0 radical (unpaired) electrons. The summed E-state index contributed by atoms with van der Waals surface area (Å²) in [7, 11) is 1.74. The Morgan fingerprint density at radius 2 is 1.94 bits per heavy atom. The normalized spacial score (nSPS) is 14.4. The van der Waals surface area contributed by atoms with E-state index in [9.17, 15) is 0 Å². The first-order valence-electron chi connectivity index (χ1n) is 6.21. The van der Waals surface area contributed by atoms with Crippen LogP contribution in [0.15, 0.2) is 24.3 Å². The van der Waals surface area contributed by atoms with E-state index < -0.39 is 0 Å². The Labute approximate surface area is 105 Å². The SMILES string of the molecule is CCN(c1ccccc1C(C)N)C(C)COC. The maximum atomic E-state index is 6.02. The highest BCUT2D eigenvalue weighted by Crippen LogP contribution is 2.26. The second-order valence-electron chi connectivity index (χ2n) is 4.44. The summed E-state index contributed by atoms with van der Waals surface area (Å²) in [4.78, 5) is 2.34. The van der Waals surface area contributed by atoms with E-state index in [-0.39, 0.29) is 6.04 Å². The minimum absolute atomic E-state index is 0.0509. The van der Waals surface area contributed by atoms with Crippen LogP contribution in [0.2, 0.25) is 0 Å². The van der Waals surface area contributed by atoms with Crippen LogP contribution >= 0.6 is 0 Å². The third kappa shape index (κ3) is 3.45. The molecule has 0 saturated carbocycles. The highest BCUT2D eigenvalue weighted by Gasteiger charge is 2.16. The standard InChI is InChI=1S/C14H24N2O/c1-5-16(11(2)10-17-4)14-9-7-6-8-13(14)12(3)15/h6-9,11-12H,5,10,15H2,1-4H3. The van der Waals surface area contributed by atoms with Gasteiger partial charge in [0.25, 0.3) is 0 Å². The van der Waals surface area contributed by atoms with Crippen LogP contribution < -0.4 is 10.6 Å². The Hall–Kier alpha value is -1.06. The second kappa shape index (κ2) is 6.62. The molecule has 2 unspecified atom stereocenters. The lowest BCUT2D eigenvalue weighted by molar-refractivity contribution is 0.182. The van der Waals surface area contributed by atoms with E-state index in [1.165, 1.54) is 11.3 Å². The minimum atomic E-state index is 0.0509. The molecule has 96 valence electrons. The molecule has 3 nitrogen and oxygen atoms in total. The predicted octanol–water partition coefficient (Wildman–Crippen LogP) is 2.57. The molecule has 0 saturated heterocycles. The molecule has 0 bridgehead atoms. The Balaban J connectivity index is 3.02. The summed E-state index contributed by atoms with van der Waals surface area (Å²) in [6.07, 6.45) is 0. The lowest BCUT2D eigenvalue weighted by Crippen LogP contribution is -2.37. The molecule has 0 aliphatic heterocycles. The first-order valence-corrected chi connectivity index (χ1v) is 6.21. The van der Waals surface area contributed by atoms with Gasteiger partial charge in [-0.05, 0) is 32.4 Å². The fourth-order valence-corrected chi connectivity index (χ4v) is 2.18. The molecule has 0 spiro atoms. The summed E-state index contributed by atoms with van der Waals surface area (Å²) in [5.74, 6) is 0. The monoisotopic (exact) mass is 236 g/mol. The van der Waals surface area contributed by atoms with E-state index in [2.05, 4.69) is 36.9 Å². The number of benzene rings is 1. The van der Waals surface area contributed by atoms with E-state index >= 15 is 0 Å². The molecule has 0 heterocycles. The number of methoxy groups -OCH3 is 1. The second-order valence-corrected chi connectivity index (χ2v) is 4.44. The summed E-state index contributed by atoms with van der Waals surface area (Å²) >= 11 is 0. The summed E-state index contributed by atoms with van der Waals surface area (Å²) < 4.78 is 5.24. The fraction of sp³-hybridized carbons (Fsp3) is 0.571. The molecular weight excluding hydrogens is 212 g/mol. The van der Waals surface area contributed by atoms with E-state index in [1.54, 1.807) is 7.11 Å². The molecule has 2 N–H and O–H groups in total. The van der Waals surface area contributed by atoms with Crippen LogP contribution in [-0.2, 0) is 4.74 Å². The smallest absolute Gasteiger partial charge is 0.0663 e. The third-order valence-electron chi connectivity index (χ3n) is 3.02. The Bertz CT molecular complexity index is 339. The number of hydrogen-bond donors (Lipinski definition) is 1. The van der Waals surface area contributed by atoms with E-state index in [0.717, 1.165) is 13.2 Å². The fourth-order valence-electron chi connectivity index (χ4n) is 2.18. The Kier molecular flexibility index (Phi) is 5.45. The maximum Gasteiger partial charge on any atom is 0.0663 e. The Morgan fingerprint density at radius 3 is 2.47 bits per heavy atom. The number of ether oxygens (including phenoxy) is 1. The van der Waals surface area contributed by atoms with Gasteiger partial charge in [0.2, 0.25) is 0 Å². The van der Waals surface area contributed by atoms with Crippen molar-refractivity contribution in [3.05, 3.63) is 29.8 Å². The van der Waals surface area contributed by atoms with Gasteiger partial charge >= 0.3 is 0 Å². The molecule has 3 heteroatoms. The van der Waals surface area contributed by atoms with Gasteiger partial charge in [0.1, 0.15) is 0 Å². The van der Waals surface area contributed by atoms with Crippen molar-refractivity contribution < 1.29 is 4.74 Å². The van der Waals surface area contributed by atoms with Crippen molar-refractivity contribution in [3.8, 4) is 0 Å². The largest absolute Gasteiger partial charge is 0.383 e. The first kappa shape index (κ1) is 14.0. The van der Waals surface area contributed by atoms with Crippen LogP contribution in [0.3, 0.4) is 0 Å². The van der Waals surface area contributed by atoms with Gasteiger partial charge in [-0.2, -0.15) is 0 Å². The summed E-state index contributed by atoms with van der Waals surface area (Å²) in [5, 5.41) is 0. The van der Waals surface area contributed by atoms with Crippen molar-refractivity contribution >= 4 is 5.69 Å². The van der Waals surface area contributed by atoms with Crippen LogP contribution in [0.5, 0.6) is 0 Å².